The second-order valence-electron chi connectivity index (χ2n) is 15.8. The predicted molar refractivity (Wildman–Crippen MR) is 246 cm³/mol. The maximum absolute atomic E-state index is 9.94. The highest BCUT2D eigenvalue weighted by molar-refractivity contribution is 5.97. The summed E-state index contributed by atoms with van der Waals surface area (Å²) >= 11 is 0. The largest absolute Gasteiger partial charge is 0.208 e. The molecule has 0 bridgehead atoms. The van der Waals surface area contributed by atoms with Gasteiger partial charge in [-0.1, -0.05) is 182 Å². The van der Waals surface area contributed by atoms with Gasteiger partial charge in [-0.3, -0.25) is 0 Å². The Hall–Kier alpha value is -8.26. The monoisotopic (exact) mass is 774 g/mol. The first-order valence-electron chi connectivity index (χ1n) is 20.6. The first-order valence-corrected chi connectivity index (χ1v) is 20.6. The average Bonchev–Trinajstić information content (AvgIpc) is 3.80. The third-order valence-corrected chi connectivity index (χ3v) is 12.6. The van der Waals surface area contributed by atoms with E-state index in [2.05, 4.69) is 176 Å². The van der Waals surface area contributed by atoms with E-state index in [-0.39, 0.29) is 0 Å². The van der Waals surface area contributed by atoms with Crippen LogP contribution < -0.4 is 0 Å². The van der Waals surface area contributed by atoms with Crippen LogP contribution in [0.3, 0.4) is 0 Å². The number of nitrogens with zero attached hydrogens (tertiary/aromatic N) is 4. The topological polar surface area (TPSA) is 62.5 Å². The second-order valence-corrected chi connectivity index (χ2v) is 15.8. The van der Waals surface area contributed by atoms with Crippen molar-refractivity contribution >= 4 is 10.8 Å². The van der Waals surface area contributed by atoms with E-state index in [9.17, 15) is 5.26 Å². The van der Waals surface area contributed by atoms with E-state index in [1.54, 1.807) is 0 Å². The molecule has 0 aliphatic heterocycles. The molecule has 0 unspecified atom stereocenters. The smallest absolute Gasteiger partial charge is 0.164 e. The molecule has 4 nitrogen and oxygen atoms in total. The number of aromatic nitrogens is 3. The Morgan fingerprint density at radius 2 is 0.852 bits per heavy atom. The summed E-state index contributed by atoms with van der Waals surface area (Å²) in [7, 11) is 0. The van der Waals surface area contributed by atoms with Gasteiger partial charge in [0, 0.05) is 16.7 Å². The van der Waals surface area contributed by atoms with E-state index >= 15 is 0 Å². The summed E-state index contributed by atoms with van der Waals surface area (Å²) in [6.45, 7) is 0. The van der Waals surface area contributed by atoms with Crippen molar-refractivity contribution < 1.29 is 0 Å². The van der Waals surface area contributed by atoms with Crippen molar-refractivity contribution in [1.29, 1.82) is 5.26 Å². The molecule has 0 amide bonds. The average molecular weight is 775 g/mol. The lowest BCUT2D eigenvalue weighted by atomic mass is 9.70. The second kappa shape index (κ2) is 13.7. The first kappa shape index (κ1) is 34.8. The van der Waals surface area contributed by atoms with Crippen LogP contribution in [0.15, 0.2) is 206 Å². The summed E-state index contributed by atoms with van der Waals surface area (Å²) < 4.78 is 0. The zero-order valence-electron chi connectivity index (χ0n) is 32.9. The van der Waals surface area contributed by atoms with Crippen LogP contribution >= 0.6 is 0 Å². The number of benzene rings is 9. The molecule has 9 aromatic carbocycles. The lowest BCUT2D eigenvalue weighted by Crippen LogP contribution is -2.25. The van der Waals surface area contributed by atoms with Crippen LogP contribution in [0.4, 0.5) is 0 Å². The zero-order valence-corrected chi connectivity index (χ0v) is 32.9. The zero-order chi connectivity index (χ0) is 40.5. The summed E-state index contributed by atoms with van der Waals surface area (Å²) in [4.78, 5) is 15.2. The lowest BCUT2D eigenvalue weighted by Gasteiger charge is -2.30. The van der Waals surface area contributed by atoms with Crippen LogP contribution in [0, 0.1) is 11.3 Å². The normalized spacial score (nSPS) is 12.7. The Balaban J connectivity index is 0.943. The van der Waals surface area contributed by atoms with Crippen molar-refractivity contribution in [3.8, 4) is 84.7 Å². The Bertz CT molecular complexity index is 3380. The molecule has 4 heteroatoms. The Morgan fingerprint density at radius 3 is 1.61 bits per heavy atom. The third kappa shape index (κ3) is 5.35. The molecule has 0 radical (unpaired) electrons. The van der Waals surface area contributed by atoms with Gasteiger partial charge in [0.1, 0.15) is 0 Å². The van der Waals surface area contributed by atoms with Crippen LogP contribution in [0.1, 0.15) is 27.8 Å². The summed E-state index contributed by atoms with van der Waals surface area (Å²) in [6.07, 6.45) is 0. The number of nitriles is 1. The molecule has 1 spiro atoms. The van der Waals surface area contributed by atoms with Crippen LogP contribution in [-0.4, -0.2) is 15.0 Å². The highest BCUT2D eigenvalue weighted by atomic mass is 15.0. The van der Waals surface area contributed by atoms with Crippen LogP contribution in [-0.2, 0) is 5.41 Å². The Kier molecular flexibility index (Phi) is 7.78. The van der Waals surface area contributed by atoms with Crippen molar-refractivity contribution in [3.05, 3.63) is 234 Å². The molecule has 61 heavy (non-hydrogen) atoms. The molecule has 10 aromatic rings. The van der Waals surface area contributed by atoms with E-state index in [1.165, 1.54) is 38.9 Å². The summed E-state index contributed by atoms with van der Waals surface area (Å²) in [6, 6.07) is 75.1. The van der Waals surface area contributed by atoms with Crippen LogP contribution in [0.2, 0.25) is 0 Å². The van der Waals surface area contributed by atoms with Crippen molar-refractivity contribution in [2.45, 2.75) is 5.41 Å². The summed E-state index contributed by atoms with van der Waals surface area (Å²) in [5.41, 5.74) is 17.3. The minimum atomic E-state index is -0.481. The third-order valence-electron chi connectivity index (χ3n) is 12.6. The van der Waals surface area contributed by atoms with Crippen molar-refractivity contribution in [1.82, 2.24) is 15.0 Å². The maximum atomic E-state index is 9.94. The van der Waals surface area contributed by atoms with Crippen LogP contribution in [0.25, 0.3) is 89.4 Å². The van der Waals surface area contributed by atoms with Gasteiger partial charge in [0.05, 0.1) is 17.0 Å². The number of fused-ring (bicyclic) bond motifs is 11. The standard InChI is InChI=1S/C57H34N4/c58-35-36-24-31-52-49(32-36)47-30-29-42(34-53(47)57(52)50-22-8-6-19-45(50)46-20-7-9-23-51(46)57)38-27-25-37(26-28-38)41-16-10-17-43(33-41)55-59-54(40-13-2-1-3-14-40)60-56(61-55)48-21-11-15-39-12-4-5-18-44(39)48/h1-34H. The molecule has 0 N–H and O–H groups in total. The fourth-order valence-corrected chi connectivity index (χ4v) is 9.85. The molecule has 282 valence electrons. The van der Waals surface area contributed by atoms with Gasteiger partial charge in [0.2, 0.25) is 0 Å². The quantitative estimate of drug-likeness (QED) is 0.175. The molecule has 2 aliphatic carbocycles. The van der Waals surface area contributed by atoms with Gasteiger partial charge in [-0.25, -0.2) is 15.0 Å². The number of hydrogen-bond donors (Lipinski definition) is 0. The van der Waals surface area contributed by atoms with E-state index in [4.69, 9.17) is 15.0 Å². The molecule has 0 saturated carbocycles. The minimum absolute atomic E-state index is 0.481. The molecule has 2 aliphatic rings. The Labute approximate surface area is 353 Å². The van der Waals surface area contributed by atoms with E-state index in [0.717, 1.165) is 55.3 Å². The van der Waals surface area contributed by atoms with Crippen LogP contribution in [0.5, 0.6) is 0 Å². The first-order chi connectivity index (χ1) is 30.2. The van der Waals surface area contributed by atoms with E-state index in [0.29, 0.717) is 23.0 Å². The fraction of sp³-hybridized carbons (Fsp3) is 0.0175. The molecule has 0 atom stereocenters. The van der Waals surface area contributed by atoms with Gasteiger partial charge in [-0.2, -0.15) is 5.26 Å². The van der Waals surface area contributed by atoms with Gasteiger partial charge in [0.25, 0.3) is 0 Å². The van der Waals surface area contributed by atoms with E-state index in [1.807, 2.05) is 36.4 Å². The minimum Gasteiger partial charge on any atom is -0.208 e. The molecule has 1 aromatic heterocycles. The maximum Gasteiger partial charge on any atom is 0.164 e. The number of rotatable bonds is 5. The SMILES string of the molecule is N#Cc1ccc2c(c1)-c1ccc(-c3ccc(-c4cccc(-c5nc(-c6ccccc6)nc(-c6cccc7ccccc67)n5)c4)cc3)cc1C21c2ccccc2-c2ccccc21. The highest BCUT2D eigenvalue weighted by Crippen LogP contribution is 2.63. The van der Waals surface area contributed by atoms with Crippen molar-refractivity contribution in [2.24, 2.45) is 0 Å². The predicted octanol–water partition coefficient (Wildman–Crippen LogP) is 13.6. The molecule has 1 heterocycles. The molecular weight excluding hydrogens is 741 g/mol. The van der Waals surface area contributed by atoms with E-state index < -0.39 is 5.41 Å². The van der Waals surface area contributed by atoms with Gasteiger partial charge in [-0.05, 0) is 102 Å². The van der Waals surface area contributed by atoms with Crippen molar-refractivity contribution in [3.63, 3.8) is 0 Å². The lowest BCUT2D eigenvalue weighted by molar-refractivity contribution is 0.794. The van der Waals surface area contributed by atoms with Gasteiger partial charge in [-0.15, -0.1) is 0 Å². The van der Waals surface area contributed by atoms with Gasteiger partial charge < -0.3 is 0 Å². The van der Waals surface area contributed by atoms with Gasteiger partial charge in [0.15, 0.2) is 17.5 Å². The summed E-state index contributed by atoms with van der Waals surface area (Å²) in [5.74, 6) is 1.91. The van der Waals surface area contributed by atoms with Crippen molar-refractivity contribution in [2.75, 3.05) is 0 Å². The molecular formula is C57H34N4. The fourth-order valence-electron chi connectivity index (χ4n) is 9.85. The number of hydrogen-bond acceptors (Lipinski definition) is 4. The van der Waals surface area contributed by atoms with Gasteiger partial charge >= 0.3 is 0 Å². The molecule has 0 fully saturated rings. The summed E-state index contributed by atoms with van der Waals surface area (Å²) in [5, 5.41) is 12.2. The Morgan fingerprint density at radius 1 is 0.328 bits per heavy atom. The molecule has 0 saturated heterocycles. The molecule has 12 rings (SSSR count). The highest BCUT2D eigenvalue weighted by Gasteiger charge is 2.51.